The van der Waals surface area contributed by atoms with Crippen LogP contribution >= 0.6 is 22.9 Å². The molecule has 0 atom stereocenters. The van der Waals surface area contributed by atoms with Crippen LogP contribution in [0.15, 0.2) is 53.9 Å². The van der Waals surface area contributed by atoms with E-state index < -0.39 is 0 Å². The van der Waals surface area contributed by atoms with E-state index >= 15 is 0 Å². The molecule has 0 aliphatic carbocycles. The van der Waals surface area contributed by atoms with E-state index in [0.29, 0.717) is 46.1 Å². The first-order valence-electron chi connectivity index (χ1n) is 9.07. The second kappa shape index (κ2) is 10.7. The maximum absolute atomic E-state index is 12.5. The lowest BCUT2D eigenvalue weighted by Crippen LogP contribution is -2.16. The number of nitrogens with zero attached hydrogens (tertiary/aromatic N) is 1. The average molecular weight is 446 g/mol. The van der Waals surface area contributed by atoms with E-state index in [1.54, 1.807) is 55.0 Å². The van der Waals surface area contributed by atoms with Crippen molar-refractivity contribution < 1.29 is 19.1 Å². The van der Waals surface area contributed by atoms with E-state index in [1.807, 2.05) is 6.07 Å². The Labute approximate surface area is 183 Å². The summed E-state index contributed by atoms with van der Waals surface area (Å²) in [5, 5.41) is 8.08. The van der Waals surface area contributed by atoms with Crippen LogP contribution in [0.1, 0.15) is 16.1 Å². The number of carbonyl (C=O) groups excluding carboxylic acids is 2. The van der Waals surface area contributed by atoms with Crippen LogP contribution in [0.25, 0.3) is 0 Å². The molecule has 0 bridgehead atoms. The number of hydrogen-bond acceptors (Lipinski definition) is 6. The third-order valence-corrected chi connectivity index (χ3v) is 5.03. The number of ether oxygens (including phenoxy) is 2. The summed E-state index contributed by atoms with van der Waals surface area (Å²) in [5.74, 6) is -0.142. The van der Waals surface area contributed by atoms with Gasteiger partial charge in [0.2, 0.25) is 5.91 Å². The lowest BCUT2D eigenvalue weighted by Gasteiger charge is -2.13. The molecule has 2 N–H and O–H groups in total. The first-order chi connectivity index (χ1) is 14.6. The lowest BCUT2D eigenvalue weighted by molar-refractivity contribution is -0.115. The van der Waals surface area contributed by atoms with Gasteiger partial charge in [-0.3, -0.25) is 14.9 Å². The number of hydrogen-bond donors (Lipinski definition) is 2. The Bertz CT molecular complexity index is 1010. The van der Waals surface area contributed by atoms with Crippen LogP contribution in [-0.4, -0.2) is 37.1 Å². The monoisotopic (exact) mass is 445 g/mol. The van der Waals surface area contributed by atoms with Gasteiger partial charge < -0.3 is 14.8 Å². The normalized spacial score (nSPS) is 10.5. The van der Waals surface area contributed by atoms with E-state index in [4.69, 9.17) is 21.1 Å². The summed E-state index contributed by atoms with van der Waals surface area (Å²) in [6, 6.07) is 14.0. The van der Waals surface area contributed by atoms with E-state index in [0.717, 1.165) is 0 Å². The Hall–Kier alpha value is -2.94. The Morgan fingerprint density at radius 2 is 1.87 bits per heavy atom. The molecule has 7 nitrogen and oxygen atoms in total. The van der Waals surface area contributed by atoms with Gasteiger partial charge in [0.15, 0.2) is 10.9 Å². The SMILES string of the molecule is COCCOc1c(Cl)cccc1NC(=O)Cc1csc(NC(=O)c2ccccc2)n1. The molecule has 0 spiro atoms. The van der Waals surface area contributed by atoms with Crippen molar-refractivity contribution in [1.82, 2.24) is 4.98 Å². The van der Waals surface area contributed by atoms with Crippen molar-refractivity contribution in [2.75, 3.05) is 31.0 Å². The average Bonchev–Trinajstić information content (AvgIpc) is 3.17. The molecule has 0 aliphatic rings. The smallest absolute Gasteiger partial charge is 0.257 e. The van der Waals surface area contributed by atoms with Crippen molar-refractivity contribution in [3.05, 3.63) is 70.2 Å². The predicted molar refractivity (Wildman–Crippen MR) is 118 cm³/mol. The molecule has 30 heavy (non-hydrogen) atoms. The Morgan fingerprint density at radius 1 is 1.07 bits per heavy atom. The molecule has 3 rings (SSSR count). The zero-order valence-electron chi connectivity index (χ0n) is 16.2. The molecule has 3 aromatic rings. The summed E-state index contributed by atoms with van der Waals surface area (Å²) in [5.41, 5.74) is 1.55. The molecular formula is C21H20ClN3O4S. The highest BCUT2D eigenvalue weighted by Crippen LogP contribution is 2.33. The summed E-state index contributed by atoms with van der Waals surface area (Å²) in [4.78, 5) is 29.0. The topological polar surface area (TPSA) is 89.5 Å². The van der Waals surface area contributed by atoms with Gasteiger partial charge in [-0.1, -0.05) is 35.9 Å². The minimum atomic E-state index is -0.278. The van der Waals surface area contributed by atoms with Gasteiger partial charge in [0.1, 0.15) is 6.61 Å². The second-order valence-electron chi connectivity index (χ2n) is 6.15. The first kappa shape index (κ1) is 21.8. The zero-order chi connectivity index (χ0) is 21.3. The maximum atomic E-state index is 12.5. The number of para-hydroxylation sites is 1. The standard InChI is InChI=1S/C21H20ClN3O4S/c1-28-10-11-29-19-16(22)8-5-9-17(19)24-18(26)12-15-13-30-21(23-15)25-20(27)14-6-3-2-4-7-14/h2-9,13H,10-12H2,1H3,(H,24,26)(H,23,25,27). The predicted octanol–water partition coefficient (Wildman–Crippen LogP) is 4.26. The van der Waals surface area contributed by atoms with Gasteiger partial charge in [-0.25, -0.2) is 4.98 Å². The van der Waals surface area contributed by atoms with Gasteiger partial charge in [0.05, 0.1) is 29.4 Å². The molecule has 0 aliphatic heterocycles. The van der Waals surface area contributed by atoms with Crippen LogP contribution < -0.4 is 15.4 Å². The van der Waals surface area contributed by atoms with Gasteiger partial charge in [-0.15, -0.1) is 11.3 Å². The van der Waals surface area contributed by atoms with Crippen molar-refractivity contribution in [3.8, 4) is 5.75 Å². The summed E-state index contributed by atoms with van der Waals surface area (Å²) in [6.07, 6.45) is 0.0434. The van der Waals surface area contributed by atoms with E-state index in [9.17, 15) is 9.59 Å². The molecule has 1 aromatic heterocycles. The molecular weight excluding hydrogens is 426 g/mol. The molecule has 2 amide bonds. The summed E-state index contributed by atoms with van der Waals surface area (Å²) in [6.45, 7) is 0.703. The highest BCUT2D eigenvalue weighted by molar-refractivity contribution is 7.14. The zero-order valence-corrected chi connectivity index (χ0v) is 17.8. The second-order valence-corrected chi connectivity index (χ2v) is 7.41. The minimum absolute atomic E-state index is 0.0434. The highest BCUT2D eigenvalue weighted by Gasteiger charge is 2.14. The quantitative estimate of drug-likeness (QED) is 0.480. The van der Waals surface area contributed by atoms with Crippen LogP contribution in [0.5, 0.6) is 5.75 Å². The number of rotatable bonds is 9. The number of halogens is 1. The maximum Gasteiger partial charge on any atom is 0.257 e. The van der Waals surface area contributed by atoms with Crippen molar-refractivity contribution in [2.24, 2.45) is 0 Å². The van der Waals surface area contributed by atoms with Crippen LogP contribution in [0.4, 0.5) is 10.8 Å². The van der Waals surface area contributed by atoms with Crippen molar-refractivity contribution in [3.63, 3.8) is 0 Å². The summed E-state index contributed by atoms with van der Waals surface area (Å²) in [7, 11) is 1.57. The van der Waals surface area contributed by atoms with E-state index in [2.05, 4.69) is 15.6 Å². The van der Waals surface area contributed by atoms with Gasteiger partial charge >= 0.3 is 0 Å². The van der Waals surface area contributed by atoms with E-state index in [-0.39, 0.29) is 18.2 Å². The molecule has 1 heterocycles. The van der Waals surface area contributed by atoms with Crippen molar-refractivity contribution in [2.45, 2.75) is 6.42 Å². The number of carbonyl (C=O) groups is 2. The fourth-order valence-corrected chi connectivity index (χ4v) is 3.48. The Morgan fingerprint density at radius 3 is 2.63 bits per heavy atom. The molecule has 9 heteroatoms. The molecule has 0 radical (unpaired) electrons. The summed E-state index contributed by atoms with van der Waals surface area (Å²) < 4.78 is 10.6. The van der Waals surface area contributed by atoms with Crippen LogP contribution in [0.3, 0.4) is 0 Å². The van der Waals surface area contributed by atoms with Crippen LogP contribution in [-0.2, 0) is 16.0 Å². The van der Waals surface area contributed by atoms with Crippen LogP contribution in [0, 0.1) is 0 Å². The van der Waals surface area contributed by atoms with Crippen LogP contribution in [0.2, 0.25) is 5.02 Å². The third-order valence-electron chi connectivity index (χ3n) is 3.92. The van der Waals surface area contributed by atoms with E-state index in [1.165, 1.54) is 11.3 Å². The highest BCUT2D eigenvalue weighted by atomic mass is 35.5. The van der Waals surface area contributed by atoms with Gasteiger partial charge in [-0.2, -0.15) is 0 Å². The largest absolute Gasteiger partial charge is 0.487 e. The number of benzene rings is 2. The third kappa shape index (κ3) is 6.03. The number of methoxy groups -OCH3 is 1. The number of nitrogens with one attached hydrogen (secondary N) is 2. The molecule has 0 unspecified atom stereocenters. The van der Waals surface area contributed by atoms with Gasteiger partial charge in [0.25, 0.3) is 5.91 Å². The number of anilines is 2. The number of aromatic nitrogens is 1. The molecule has 0 saturated carbocycles. The Kier molecular flexibility index (Phi) is 7.78. The molecule has 156 valence electrons. The molecule has 0 saturated heterocycles. The van der Waals surface area contributed by atoms with Gasteiger partial charge in [0, 0.05) is 18.1 Å². The molecule has 0 fully saturated rings. The minimum Gasteiger partial charge on any atom is -0.487 e. The fourth-order valence-electron chi connectivity index (χ4n) is 2.54. The summed E-state index contributed by atoms with van der Waals surface area (Å²) >= 11 is 7.44. The number of thiazole rings is 1. The Balaban J connectivity index is 1.60. The van der Waals surface area contributed by atoms with Crippen molar-refractivity contribution >= 4 is 45.6 Å². The number of amides is 2. The lowest BCUT2D eigenvalue weighted by atomic mass is 10.2. The van der Waals surface area contributed by atoms with Crippen molar-refractivity contribution in [1.29, 1.82) is 0 Å². The molecule has 2 aromatic carbocycles. The fraction of sp³-hybridized carbons (Fsp3) is 0.190. The van der Waals surface area contributed by atoms with Gasteiger partial charge in [-0.05, 0) is 24.3 Å². The first-order valence-corrected chi connectivity index (χ1v) is 10.3.